The summed E-state index contributed by atoms with van der Waals surface area (Å²) in [7, 11) is 1.63. The second-order valence-electron chi connectivity index (χ2n) is 2.34. The first-order valence-corrected chi connectivity index (χ1v) is 3.81. The van der Waals surface area contributed by atoms with Gasteiger partial charge in [0.05, 0.1) is 7.11 Å². The Hall–Kier alpha value is -1.21. The summed E-state index contributed by atoms with van der Waals surface area (Å²) in [6.07, 6.45) is 0. The predicted octanol–water partition coefficient (Wildman–Crippen LogP) is 1.36. The summed E-state index contributed by atoms with van der Waals surface area (Å²) in [5, 5.41) is 0. The van der Waals surface area contributed by atoms with Crippen molar-refractivity contribution in [3.8, 4) is 17.6 Å². The summed E-state index contributed by atoms with van der Waals surface area (Å²) in [4.78, 5) is 4.31. The van der Waals surface area contributed by atoms with Crippen LogP contribution in [0.5, 0.6) is 5.75 Å². The molecular formula is C10H12ClNO2. The lowest BCUT2D eigenvalue weighted by Crippen LogP contribution is -1.97. The van der Waals surface area contributed by atoms with Crippen LogP contribution >= 0.6 is 12.4 Å². The van der Waals surface area contributed by atoms with Crippen molar-refractivity contribution in [1.82, 2.24) is 0 Å². The van der Waals surface area contributed by atoms with E-state index in [1.165, 1.54) is 0 Å². The topological polar surface area (TPSA) is 44.5 Å². The van der Waals surface area contributed by atoms with Gasteiger partial charge < -0.3 is 4.74 Å². The molecule has 76 valence electrons. The number of hydrogen-bond acceptors (Lipinski definition) is 3. The van der Waals surface area contributed by atoms with Crippen LogP contribution in [-0.2, 0) is 4.84 Å². The maximum atomic E-state index is 5.00. The van der Waals surface area contributed by atoms with E-state index in [2.05, 4.69) is 16.7 Å². The lowest BCUT2D eigenvalue weighted by molar-refractivity contribution is 0.173. The molecule has 2 N–H and O–H groups in total. The smallest absolute Gasteiger partial charge is 0.129 e. The fraction of sp³-hybridized carbons (Fsp3) is 0.200. The molecule has 0 saturated heterocycles. The molecule has 0 saturated carbocycles. The third-order valence-corrected chi connectivity index (χ3v) is 1.48. The molecule has 3 nitrogen and oxygen atoms in total. The van der Waals surface area contributed by atoms with E-state index in [1.54, 1.807) is 7.11 Å². The van der Waals surface area contributed by atoms with Crippen LogP contribution in [0.4, 0.5) is 0 Å². The molecule has 0 fully saturated rings. The molecule has 0 aliphatic rings. The van der Waals surface area contributed by atoms with Crippen molar-refractivity contribution in [1.29, 1.82) is 0 Å². The van der Waals surface area contributed by atoms with Crippen molar-refractivity contribution in [2.45, 2.75) is 0 Å². The van der Waals surface area contributed by atoms with Crippen LogP contribution in [0.3, 0.4) is 0 Å². The van der Waals surface area contributed by atoms with E-state index in [4.69, 9.17) is 10.6 Å². The fourth-order valence-corrected chi connectivity index (χ4v) is 0.854. The number of halogens is 1. The molecular weight excluding hydrogens is 202 g/mol. The average molecular weight is 214 g/mol. The largest absolute Gasteiger partial charge is 0.497 e. The van der Waals surface area contributed by atoms with Crippen LogP contribution in [0.15, 0.2) is 24.3 Å². The fourth-order valence-electron chi connectivity index (χ4n) is 0.854. The van der Waals surface area contributed by atoms with Gasteiger partial charge >= 0.3 is 0 Å². The second-order valence-corrected chi connectivity index (χ2v) is 2.34. The Labute approximate surface area is 89.6 Å². The molecule has 1 aromatic rings. The maximum absolute atomic E-state index is 5.00. The molecule has 14 heavy (non-hydrogen) atoms. The number of ether oxygens (including phenoxy) is 1. The highest BCUT2D eigenvalue weighted by molar-refractivity contribution is 5.85. The molecule has 0 aliphatic heterocycles. The molecule has 0 aromatic heterocycles. The molecule has 1 rings (SSSR count). The van der Waals surface area contributed by atoms with Crippen molar-refractivity contribution >= 4 is 12.4 Å². The Balaban J connectivity index is 0.00000169. The maximum Gasteiger partial charge on any atom is 0.129 e. The zero-order valence-electron chi connectivity index (χ0n) is 7.82. The van der Waals surface area contributed by atoms with Gasteiger partial charge in [-0.2, -0.15) is 0 Å². The summed E-state index contributed by atoms with van der Waals surface area (Å²) in [5.74, 6) is 11.3. The molecule has 0 radical (unpaired) electrons. The van der Waals surface area contributed by atoms with E-state index in [9.17, 15) is 0 Å². The summed E-state index contributed by atoms with van der Waals surface area (Å²) < 4.78 is 5.00. The summed E-state index contributed by atoms with van der Waals surface area (Å²) >= 11 is 0. The summed E-state index contributed by atoms with van der Waals surface area (Å²) in [6.45, 7) is 0.242. The van der Waals surface area contributed by atoms with Crippen LogP contribution in [0.25, 0.3) is 0 Å². The Kier molecular flexibility index (Phi) is 6.59. The molecule has 0 heterocycles. The van der Waals surface area contributed by atoms with E-state index < -0.39 is 0 Å². The van der Waals surface area contributed by atoms with Crippen molar-refractivity contribution in [2.75, 3.05) is 13.7 Å². The standard InChI is InChI=1S/C10H11NO2.ClH/c1-12-10-6-4-9(5-7-10)3-2-8-13-11;/h4-7H,8,11H2,1H3;1H. The quantitative estimate of drug-likeness (QED) is 0.596. The van der Waals surface area contributed by atoms with Crippen LogP contribution in [0.2, 0.25) is 0 Å². The van der Waals surface area contributed by atoms with E-state index in [1.807, 2.05) is 24.3 Å². The van der Waals surface area contributed by atoms with E-state index >= 15 is 0 Å². The van der Waals surface area contributed by atoms with E-state index in [-0.39, 0.29) is 19.0 Å². The van der Waals surface area contributed by atoms with Gasteiger partial charge in [-0.1, -0.05) is 11.8 Å². The van der Waals surface area contributed by atoms with Gasteiger partial charge in [-0.3, -0.25) is 4.84 Å². The van der Waals surface area contributed by atoms with Gasteiger partial charge in [-0.15, -0.1) is 12.4 Å². The van der Waals surface area contributed by atoms with Crippen molar-refractivity contribution in [3.05, 3.63) is 29.8 Å². The van der Waals surface area contributed by atoms with E-state index in [0.717, 1.165) is 11.3 Å². The highest BCUT2D eigenvalue weighted by atomic mass is 35.5. The average Bonchev–Trinajstić information content (AvgIpc) is 2.19. The molecule has 0 amide bonds. The lowest BCUT2D eigenvalue weighted by Gasteiger charge is -1.97. The third kappa shape index (κ3) is 4.15. The van der Waals surface area contributed by atoms with Crippen LogP contribution in [0.1, 0.15) is 5.56 Å². The molecule has 0 unspecified atom stereocenters. The van der Waals surface area contributed by atoms with Gasteiger partial charge in [-0.05, 0) is 24.3 Å². The van der Waals surface area contributed by atoms with Gasteiger partial charge in [0.1, 0.15) is 12.4 Å². The first-order valence-electron chi connectivity index (χ1n) is 3.81. The highest BCUT2D eigenvalue weighted by Crippen LogP contribution is 2.09. The Morgan fingerprint density at radius 3 is 2.43 bits per heavy atom. The third-order valence-electron chi connectivity index (χ3n) is 1.48. The first-order chi connectivity index (χ1) is 6.36. The van der Waals surface area contributed by atoms with Gasteiger partial charge in [-0.25, -0.2) is 5.90 Å². The van der Waals surface area contributed by atoms with Crippen LogP contribution in [-0.4, -0.2) is 13.7 Å². The highest BCUT2D eigenvalue weighted by Gasteiger charge is 1.88. The summed E-state index contributed by atoms with van der Waals surface area (Å²) in [6, 6.07) is 7.46. The number of nitrogens with two attached hydrogens (primary N) is 1. The Morgan fingerprint density at radius 1 is 1.29 bits per heavy atom. The normalized spacial score (nSPS) is 8.14. The van der Waals surface area contributed by atoms with Gasteiger partial charge in [0.15, 0.2) is 0 Å². The van der Waals surface area contributed by atoms with Crippen molar-refractivity contribution in [3.63, 3.8) is 0 Å². The SMILES string of the molecule is COc1ccc(C#CCON)cc1.Cl. The van der Waals surface area contributed by atoms with Crippen molar-refractivity contribution < 1.29 is 9.57 Å². The Bertz CT molecular complexity index is 313. The van der Waals surface area contributed by atoms with Crippen LogP contribution < -0.4 is 10.6 Å². The van der Waals surface area contributed by atoms with E-state index in [0.29, 0.717) is 0 Å². The van der Waals surface area contributed by atoms with Gasteiger partial charge in [0.25, 0.3) is 0 Å². The lowest BCUT2D eigenvalue weighted by atomic mass is 10.2. The zero-order valence-corrected chi connectivity index (χ0v) is 8.64. The minimum Gasteiger partial charge on any atom is -0.497 e. The monoisotopic (exact) mass is 213 g/mol. The number of hydrogen-bond donors (Lipinski definition) is 1. The van der Waals surface area contributed by atoms with Crippen LogP contribution in [0, 0.1) is 11.8 Å². The second kappa shape index (κ2) is 7.22. The molecule has 0 bridgehead atoms. The molecule has 4 heteroatoms. The minimum atomic E-state index is 0. The minimum absolute atomic E-state index is 0. The number of rotatable bonds is 2. The number of benzene rings is 1. The molecule has 0 aliphatic carbocycles. The van der Waals surface area contributed by atoms with Gasteiger partial charge in [0, 0.05) is 5.56 Å². The first kappa shape index (κ1) is 12.8. The zero-order chi connectivity index (χ0) is 9.52. The molecule has 1 aromatic carbocycles. The summed E-state index contributed by atoms with van der Waals surface area (Å²) in [5.41, 5.74) is 0.915. The number of methoxy groups -OCH3 is 1. The Morgan fingerprint density at radius 2 is 1.93 bits per heavy atom. The molecule has 0 spiro atoms. The van der Waals surface area contributed by atoms with Gasteiger partial charge in [0.2, 0.25) is 0 Å². The van der Waals surface area contributed by atoms with Crippen molar-refractivity contribution in [2.24, 2.45) is 5.90 Å². The predicted molar refractivity (Wildman–Crippen MR) is 57.3 cm³/mol. The molecule has 0 atom stereocenters.